The zero-order valence-corrected chi connectivity index (χ0v) is 10.4. The van der Waals surface area contributed by atoms with Crippen molar-refractivity contribution in [1.29, 1.82) is 0 Å². The predicted molar refractivity (Wildman–Crippen MR) is 68.6 cm³/mol. The summed E-state index contributed by atoms with van der Waals surface area (Å²) in [5, 5.41) is 0. The highest BCUT2D eigenvalue weighted by molar-refractivity contribution is 5.79. The molecule has 1 heterocycles. The Morgan fingerprint density at radius 3 is 2.76 bits per heavy atom. The van der Waals surface area contributed by atoms with E-state index in [1.165, 1.54) is 0 Å². The number of likely N-dealkylation sites (tertiary alicyclic amines) is 1. The van der Waals surface area contributed by atoms with Gasteiger partial charge >= 0.3 is 0 Å². The Labute approximate surface area is 103 Å². The highest BCUT2D eigenvalue weighted by atomic mass is 16.2. The Hall–Kier alpha value is -1.35. The molecule has 0 saturated carbocycles. The zero-order valence-electron chi connectivity index (χ0n) is 10.4. The summed E-state index contributed by atoms with van der Waals surface area (Å²) in [5.74, 6) is 0.196. The maximum absolute atomic E-state index is 12.3. The lowest BCUT2D eigenvalue weighted by Gasteiger charge is -2.34. The van der Waals surface area contributed by atoms with E-state index in [1.807, 2.05) is 35.2 Å². The van der Waals surface area contributed by atoms with Crippen molar-refractivity contribution in [3.63, 3.8) is 0 Å². The van der Waals surface area contributed by atoms with E-state index in [-0.39, 0.29) is 11.4 Å². The Morgan fingerprint density at radius 2 is 2.12 bits per heavy atom. The van der Waals surface area contributed by atoms with Gasteiger partial charge in [-0.3, -0.25) is 4.79 Å². The van der Waals surface area contributed by atoms with Gasteiger partial charge in [0.05, 0.1) is 12.0 Å². The van der Waals surface area contributed by atoms with Crippen molar-refractivity contribution in [2.24, 2.45) is 5.73 Å². The van der Waals surface area contributed by atoms with Gasteiger partial charge < -0.3 is 10.6 Å². The molecular formula is C14H20N2O. The van der Waals surface area contributed by atoms with Crippen molar-refractivity contribution in [3.05, 3.63) is 35.9 Å². The van der Waals surface area contributed by atoms with E-state index in [9.17, 15) is 4.79 Å². The smallest absolute Gasteiger partial charge is 0.227 e. The second kappa shape index (κ2) is 4.88. The van der Waals surface area contributed by atoms with Gasteiger partial charge in [-0.2, -0.15) is 0 Å². The van der Waals surface area contributed by atoms with Gasteiger partial charge in [-0.05, 0) is 25.3 Å². The molecular weight excluding hydrogens is 212 g/mol. The van der Waals surface area contributed by atoms with E-state index < -0.39 is 0 Å². The first-order valence-corrected chi connectivity index (χ1v) is 6.20. The first-order chi connectivity index (χ1) is 8.15. The third-order valence-electron chi connectivity index (χ3n) is 3.69. The van der Waals surface area contributed by atoms with Gasteiger partial charge in [-0.1, -0.05) is 30.3 Å². The molecule has 1 atom stereocenters. The molecule has 1 aromatic carbocycles. The molecule has 17 heavy (non-hydrogen) atoms. The molecule has 1 aromatic rings. The Kier molecular flexibility index (Phi) is 3.48. The van der Waals surface area contributed by atoms with E-state index in [1.54, 1.807) is 0 Å². The highest BCUT2D eigenvalue weighted by Gasteiger charge is 2.37. The molecule has 1 unspecified atom stereocenters. The first kappa shape index (κ1) is 12.1. The molecule has 0 aromatic heterocycles. The molecule has 3 nitrogen and oxygen atoms in total. The summed E-state index contributed by atoms with van der Waals surface area (Å²) in [4.78, 5) is 14.2. The van der Waals surface area contributed by atoms with Crippen LogP contribution in [0.15, 0.2) is 30.3 Å². The number of benzene rings is 1. The van der Waals surface area contributed by atoms with Crippen molar-refractivity contribution in [2.45, 2.75) is 31.7 Å². The number of carbonyl (C=O) groups is 1. The first-order valence-electron chi connectivity index (χ1n) is 6.20. The molecule has 1 aliphatic heterocycles. The quantitative estimate of drug-likeness (QED) is 0.860. The largest absolute Gasteiger partial charge is 0.336 e. The summed E-state index contributed by atoms with van der Waals surface area (Å²) in [6, 6.07) is 9.89. The summed E-state index contributed by atoms with van der Waals surface area (Å²) in [5.41, 5.74) is 6.74. The second-order valence-electron chi connectivity index (χ2n) is 5.01. The third kappa shape index (κ3) is 2.50. The van der Waals surface area contributed by atoms with Gasteiger partial charge in [0, 0.05) is 13.1 Å². The molecule has 1 saturated heterocycles. The fourth-order valence-electron chi connectivity index (χ4n) is 2.53. The molecule has 0 bridgehead atoms. The van der Waals surface area contributed by atoms with Gasteiger partial charge in [-0.15, -0.1) is 0 Å². The molecule has 0 aliphatic carbocycles. The fourth-order valence-corrected chi connectivity index (χ4v) is 2.53. The summed E-state index contributed by atoms with van der Waals surface area (Å²) in [7, 11) is 0. The van der Waals surface area contributed by atoms with Crippen LogP contribution in [0, 0.1) is 0 Å². The molecule has 0 radical (unpaired) electrons. The van der Waals surface area contributed by atoms with Gasteiger partial charge in [0.2, 0.25) is 5.91 Å². The third-order valence-corrected chi connectivity index (χ3v) is 3.69. The van der Waals surface area contributed by atoms with E-state index in [4.69, 9.17) is 5.73 Å². The fraction of sp³-hybridized carbons (Fsp3) is 0.500. The Morgan fingerprint density at radius 1 is 1.41 bits per heavy atom. The average Bonchev–Trinajstić information content (AvgIpc) is 2.73. The van der Waals surface area contributed by atoms with Crippen LogP contribution in [0.25, 0.3) is 0 Å². The van der Waals surface area contributed by atoms with Crippen molar-refractivity contribution in [2.75, 3.05) is 13.1 Å². The molecule has 1 fully saturated rings. The number of carbonyl (C=O) groups excluding carboxylic acids is 1. The van der Waals surface area contributed by atoms with Crippen molar-refractivity contribution < 1.29 is 4.79 Å². The lowest BCUT2D eigenvalue weighted by Crippen LogP contribution is -2.50. The average molecular weight is 232 g/mol. The standard InChI is InChI=1S/C14H20N2O/c1-14(11-15)8-5-9-16(14)13(17)10-12-6-3-2-4-7-12/h2-4,6-7H,5,8-11,15H2,1H3. The minimum Gasteiger partial charge on any atom is -0.336 e. The summed E-state index contributed by atoms with van der Waals surface area (Å²) in [6.07, 6.45) is 2.56. The number of rotatable bonds is 3. The van der Waals surface area contributed by atoms with Crippen LogP contribution in [-0.4, -0.2) is 29.4 Å². The molecule has 2 N–H and O–H groups in total. The van der Waals surface area contributed by atoms with Crippen LogP contribution in [0.5, 0.6) is 0 Å². The predicted octanol–water partition coefficient (Wildman–Crippen LogP) is 1.57. The number of nitrogens with zero attached hydrogens (tertiary/aromatic N) is 1. The molecule has 2 rings (SSSR count). The number of hydrogen-bond acceptors (Lipinski definition) is 2. The minimum absolute atomic E-state index is 0.133. The monoisotopic (exact) mass is 232 g/mol. The van der Waals surface area contributed by atoms with Gasteiger partial charge in [0.15, 0.2) is 0 Å². The maximum atomic E-state index is 12.3. The maximum Gasteiger partial charge on any atom is 0.227 e. The van der Waals surface area contributed by atoms with E-state index >= 15 is 0 Å². The van der Waals surface area contributed by atoms with Crippen LogP contribution < -0.4 is 5.73 Å². The van der Waals surface area contributed by atoms with Crippen LogP contribution in [0.2, 0.25) is 0 Å². The van der Waals surface area contributed by atoms with Gasteiger partial charge in [0.25, 0.3) is 0 Å². The minimum atomic E-state index is -0.133. The Balaban J connectivity index is 2.06. The van der Waals surface area contributed by atoms with Gasteiger partial charge in [-0.25, -0.2) is 0 Å². The van der Waals surface area contributed by atoms with Crippen LogP contribution >= 0.6 is 0 Å². The molecule has 0 spiro atoms. The molecule has 3 heteroatoms. The van der Waals surface area contributed by atoms with Crippen molar-refractivity contribution >= 4 is 5.91 Å². The normalized spacial score (nSPS) is 24.0. The summed E-state index contributed by atoms with van der Waals surface area (Å²) < 4.78 is 0. The number of hydrogen-bond donors (Lipinski definition) is 1. The van der Waals surface area contributed by atoms with E-state index in [0.717, 1.165) is 24.9 Å². The van der Waals surface area contributed by atoms with Crippen LogP contribution in [0.3, 0.4) is 0 Å². The topological polar surface area (TPSA) is 46.3 Å². The van der Waals surface area contributed by atoms with Crippen LogP contribution in [0.4, 0.5) is 0 Å². The van der Waals surface area contributed by atoms with Crippen LogP contribution in [-0.2, 0) is 11.2 Å². The molecule has 1 aliphatic rings. The zero-order chi connectivity index (χ0) is 12.3. The van der Waals surface area contributed by atoms with Crippen LogP contribution in [0.1, 0.15) is 25.3 Å². The van der Waals surface area contributed by atoms with Gasteiger partial charge in [0.1, 0.15) is 0 Å². The van der Waals surface area contributed by atoms with E-state index in [2.05, 4.69) is 6.92 Å². The summed E-state index contributed by atoms with van der Waals surface area (Å²) >= 11 is 0. The second-order valence-corrected chi connectivity index (χ2v) is 5.01. The Bertz CT molecular complexity index is 390. The van der Waals surface area contributed by atoms with E-state index in [0.29, 0.717) is 13.0 Å². The summed E-state index contributed by atoms with van der Waals surface area (Å²) in [6.45, 7) is 3.48. The van der Waals surface area contributed by atoms with Crippen molar-refractivity contribution in [1.82, 2.24) is 4.90 Å². The number of amides is 1. The SMILES string of the molecule is CC1(CN)CCCN1C(=O)Cc1ccccc1. The molecule has 92 valence electrons. The molecule has 1 amide bonds. The highest BCUT2D eigenvalue weighted by Crippen LogP contribution is 2.28. The number of nitrogens with two attached hydrogens (primary N) is 1. The lowest BCUT2D eigenvalue weighted by atomic mass is 9.98. The lowest BCUT2D eigenvalue weighted by molar-refractivity contribution is -0.133. The van der Waals surface area contributed by atoms with Crippen molar-refractivity contribution in [3.8, 4) is 0 Å².